The number of hydrogen-bond acceptors (Lipinski definition) is 8. The number of nitrogens with one attached hydrogen (secondary N) is 2. The van der Waals surface area contributed by atoms with Gasteiger partial charge in [-0.1, -0.05) is 0 Å². The van der Waals surface area contributed by atoms with Crippen LogP contribution in [0.15, 0.2) is 46.5 Å². The van der Waals surface area contributed by atoms with Crippen LogP contribution in [0.2, 0.25) is 0 Å². The Bertz CT molecular complexity index is 1310. The van der Waals surface area contributed by atoms with Gasteiger partial charge >= 0.3 is 0 Å². The van der Waals surface area contributed by atoms with Gasteiger partial charge in [-0.25, -0.2) is 15.0 Å². The van der Waals surface area contributed by atoms with E-state index in [0.717, 1.165) is 58.9 Å². The molecule has 4 aromatic rings. The van der Waals surface area contributed by atoms with Gasteiger partial charge in [-0.05, 0) is 47.1 Å². The second kappa shape index (κ2) is 9.92. The first-order chi connectivity index (χ1) is 16.9. The summed E-state index contributed by atoms with van der Waals surface area (Å²) in [5.41, 5.74) is 4.81. The van der Waals surface area contributed by atoms with Gasteiger partial charge < -0.3 is 20.1 Å². The lowest BCUT2D eigenvalue weighted by atomic mass is 10.2. The third-order valence-electron chi connectivity index (χ3n) is 6.33. The number of imidazole rings is 1. The predicted molar refractivity (Wildman–Crippen MR) is 145 cm³/mol. The van der Waals surface area contributed by atoms with Crippen molar-refractivity contribution in [3.05, 3.63) is 46.5 Å². The van der Waals surface area contributed by atoms with Crippen molar-refractivity contribution in [1.29, 1.82) is 0 Å². The van der Waals surface area contributed by atoms with Crippen molar-refractivity contribution in [1.82, 2.24) is 24.8 Å². The Labute approximate surface area is 216 Å². The number of anilines is 3. The van der Waals surface area contributed by atoms with Gasteiger partial charge in [0, 0.05) is 69.3 Å². The molecule has 1 amide bonds. The summed E-state index contributed by atoms with van der Waals surface area (Å²) in [5.74, 6) is 0.766. The number of fused-ring (bicyclic) bond motifs is 1. The Morgan fingerprint density at radius 2 is 1.91 bits per heavy atom. The third-order valence-corrected chi connectivity index (χ3v) is 7.59. The first-order valence-corrected chi connectivity index (χ1v) is 13.1. The van der Waals surface area contributed by atoms with Crippen LogP contribution < -0.4 is 15.1 Å². The number of hydrogen-bond donors (Lipinski definition) is 2. The lowest BCUT2D eigenvalue weighted by molar-refractivity contribution is -0.120. The summed E-state index contributed by atoms with van der Waals surface area (Å²) in [6.45, 7) is 5.07. The van der Waals surface area contributed by atoms with E-state index in [1.807, 2.05) is 32.6 Å². The fraction of sp³-hybridized carbons (Fsp3) is 0.333. The van der Waals surface area contributed by atoms with Crippen molar-refractivity contribution in [2.75, 3.05) is 55.4 Å². The number of amides is 1. The summed E-state index contributed by atoms with van der Waals surface area (Å²) < 4.78 is 0.922. The lowest BCUT2D eigenvalue weighted by Gasteiger charge is -2.38. The Morgan fingerprint density at radius 1 is 1.17 bits per heavy atom. The van der Waals surface area contributed by atoms with Crippen LogP contribution >= 0.6 is 27.3 Å². The molecule has 11 heteroatoms. The largest absolute Gasteiger partial charge is 0.378 e. The molecule has 1 aliphatic heterocycles. The van der Waals surface area contributed by atoms with Gasteiger partial charge in [0.05, 0.1) is 16.2 Å². The topological polar surface area (TPSA) is 93.3 Å². The quantitative estimate of drug-likeness (QED) is 0.371. The van der Waals surface area contributed by atoms with Crippen molar-refractivity contribution >= 4 is 60.8 Å². The minimum absolute atomic E-state index is 0.0284. The van der Waals surface area contributed by atoms with Gasteiger partial charge in [0.1, 0.15) is 11.3 Å². The summed E-state index contributed by atoms with van der Waals surface area (Å²) >= 11 is 5.13. The molecule has 35 heavy (non-hydrogen) atoms. The highest BCUT2D eigenvalue weighted by molar-refractivity contribution is 9.10. The number of aromatic amines is 1. The van der Waals surface area contributed by atoms with E-state index in [2.05, 4.69) is 75.2 Å². The van der Waals surface area contributed by atoms with Crippen LogP contribution in [0.5, 0.6) is 0 Å². The van der Waals surface area contributed by atoms with Gasteiger partial charge in [0.15, 0.2) is 10.8 Å². The van der Waals surface area contributed by atoms with E-state index in [0.29, 0.717) is 10.8 Å². The van der Waals surface area contributed by atoms with Crippen LogP contribution in [0, 0.1) is 0 Å². The van der Waals surface area contributed by atoms with Crippen molar-refractivity contribution in [3.63, 3.8) is 0 Å². The molecule has 1 aromatic carbocycles. The van der Waals surface area contributed by atoms with Gasteiger partial charge in [0.2, 0.25) is 5.91 Å². The molecule has 1 atom stereocenters. The third kappa shape index (κ3) is 4.89. The molecule has 5 rings (SSSR count). The first kappa shape index (κ1) is 23.7. The summed E-state index contributed by atoms with van der Waals surface area (Å²) in [5, 5.41) is 5.39. The van der Waals surface area contributed by atoms with Crippen LogP contribution in [0.1, 0.15) is 6.92 Å². The molecular weight excluding hydrogens is 528 g/mol. The maximum atomic E-state index is 12.7. The summed E-state index contributed by atoms with van der Waals surface area (Å²) in [4.78, 5) is 36.2. The molecule has 0 spiro atoms. The molecule has 9 nitrogen and oxygen atoms in total. The van der Waals surface area contributed by atoms with Crippen molar-refractivity contribution < 1.29 is 4.79 Å². The molecule has 0 radical (unpaired) electrons. The highest BCUT2D eigenvalue weighted by Gasteiger charge is 2.28. The Hall–Kier alpha value is -3.02. The number of pyridine rings is 1. The molecule has 0 saturated carbocycles. The number of benzene rings is 1. The van der Waals surface area contributed by atoms with Gasteiger partial charge in [-0.2, -0.15) is 0 Å². The number of rotatable bonds is 6. The van der Waals surface area contributed by atoms with Crippen LogP contribution in [0.25, 0.3) is 22.6 Å². The number of H-pyrrole nitrogens is 1. The Morgan fingerprint density at radius 3 is 2.57 bits per heavy atom. The van der Waals surface area contributed by atoms with Crippen molar-refractivity contribution in [3.8, 4) is 11.4 Å². The zero-order valence-electron chi connectivity index (χ0n) is 19.8. The number of piperazine rings is 1. The average molecular weight is 556 g/mol. The molecule has 3 aromatic heterocycles. The smallest absolute Gasteiger partial charge is 0.243 e. The summed E-state index contributed by atoms with van der Waals surface area (Å²) in [6.07, 6.45) is 3.50. The zero-order valence-corrected chi connectivity index (χ0v) is 22.2. The van der Waals surface area contributed by atoms with Crippen molar-refractivity contribution in [2.24, 2.45) is 0 Å². The number of thiazole rings is 1. The SMILES string of the molecule is CC(C(=O)Nc1nccs1)N1CCN(c2c(Br)cnc3nc(-c4ccc(N(C)C)cc4)[nH]c23)CC1. The number of carbonyl (C=O) groups excluding carboxylic acids is 1. The molecule has 182 valence electrons. The van der Waals surface area contributed by atoms with Gasteiger partial charge in [-0.3, -0.25) is 9.69 Å². The molecule has 0 aliphatic carbocycles. The van der Waals surface area contributed by atoms with Gasteiger partial charge in [-0.15, -0.1) is 11.3 Å². The molecule has 4 heterocycles. The van der Waals surface area contributed by atoms with E-state index in [1.54, 1.807) is 6.20 Å². The standard InChI is InChI=1S/C24H27BrN8OS/c1-15(23(34)30-24-26-8-13-35-24)32-9-11-33(12-10-32)20-18(25)14-27-22-19(20)28-21(29-22)16-4-6-17(7-5-16)31(2)3/h4-8,13-15H,9-12H2,1-3H3,(H,26,30,34)(H,27,28,29). The van der Waals surface area contributed by atoms with Crippen molar-refractivity contribution in [2.45, 2.75) is 13.0 Å². The minimum Gasteiger partial charge on any atom is -0.378 e. The average Bonchev–Trinajstić information content (AvgIpc) is 3.54. The fourth-order valence-corrected chi connectivity index (χ4v) is 5.36. The minimum atomic E-state index is -0.231. The first-order valence-electron chi connectivity index (χ1n) is 11.4. The molecule has 2 N–H and O–H groups in total. The number of nitrogens with zero attached hydrogens (tertiary/aromatic N) is 6. The second-order valence-electron chi connectivity index (χ2n) is 8.71. The summed E-state index contributed by atoms with van der Waals surface area (Å²) in [7, 11) is 4.05. The lowest BCUT2D eigenvalue weighted by Crippen LogP contribution is -2.53. The van der Waals surface area contributed by atoms with Crippen LogP contribution in [0.4, 0.5) is 16.5 Å². The monoisotopic (exact) mass is 554 g/mol. The van der Waals surface area contributed by atoms with Crippen LogP contribution in [-0.2, 0) is 4.79 Å². The molecule has 1 aliphatic rings. The van der Waals surface area contributed by atoms with Gasteiger partial charge in [0.25, 0.3) is 0 Å². The molecule has 1 saturated heterocycles. The van der Waals surface area contributed by atoms with E-state index >= 15 is 0 Å². The van der Waals surface area contributed by atoms with Crippen LogP contribution in [-0.4, -0.2) is 77.1 Å². The number of carbonyl (C=O) groups is 1. The molecular formula is C24H27BrN8OS. The predicted octanol–water partition coefficient (Wildman–Crippen LogP) is 4.06. The van der Waals surface area contributed by atoms with E-state index in [9.17, 15) is 4.79 Å². The normalized spacial score (nSPS) is 15.4. The highest BCUT2D eigenvalue weighted by atomic mass is 79.9. The van der Waals surface area contributed by atoms with E-state index in [-0.39, 0.29) is 11.9 Å². The zero-order chi connectivity index (χ0) is 24.5. The number of halogens is 1. The fourth-order valence-electron chi connectivity index (χ4n) is 4.28. The van der Waals surface area contributed by atoms with Crippen LogP contribution in [0.3, 0.4) is 0 Å². The summed E-state index contributed by atoms with van der Waals surface area (Å²) in [6, 6.07) is 8.07. The molecule has 1 fully saturated rings. The van der Waals surface area contributed by atoms with E-state index in [1.165, 1.54) is 11.3 Å². The van der Waals surface area contributed by atoms with E-state index in [4.69, 9.17) is 4.98 Å². The maximum absolute atomic E-state index is 12.7. The second-order valence-corrected chi connectivity index (χ2v) is 10.5. The van der Waals surface area contributed by atoms with E-state index < -0.39 is 0 Å². The number of aromatic nitrogens is 4. The molecule has 1 unspecified atom stereocenters. The maximum Gasteiger partial charge on any atom is 0.243 e. The Balaban J connectivity index is 1.33. The highest BCUT2D eigenvalue weighted by Crippen LogP contribution is 2.34. The molecule has 0 bridgehead atoms. The Kier molecular flexibility index (Phi) is 6.72.